The second-order valence-corrected chi connectivity index (χ2v) is 7.40. The van der Waals surface area contributed by atoms with Crippen molar-refractivity contribution in [1.82, 2.24) is 19.9 Å². The van der Waals surface area contributed by atoms with Crippen molar-refractivity contribution in [3.8, 4) is 0 Å². The van der Waals surface area contributed by atoms with Crippen LogP contribution in [-0.4, -0.2) is 33.7 Å². The number of H-pyrrole nitrogens is 1. The summed E-state index contributed by atoms with van der Waals surface area (Å²) >= 11 is 0. The van der Waals surface area contributed by atoms with E-state index in [4.69, 9.17) is 4.74 Å². The Bertz CT molecular complexity index is 1070. The van der Waals surface area contributed by atoms with Gasteiger partial charge < -0.3 is 10.1 Å². The number of carbonyl (C=O) groups is 1. The minimum atomic E-state index is -0.429. The average molecular weight is 398 g/mol. The third-order valence-electron chi connectivity index (χ3n) is 5.25. The van der Waals surface area contributed by atoms with Gasteiger partial charge in [0.1, 0.15) is 5.82 Å². The second kappa shape index (κ2) is 8.16. The molecule has 1 aromatic carbocycles. The van der Waals surface area contributed by atoms with Crippen LogP contribution < -0.4 is 10.9 Å². The van der Waals surface area contributed by atoms with Crippen LogP contribution in [0, 0.1) is 5.82 Å². The predicted molar refractivity (Wildman–Crippen MR) is 105 cm³/mol. The Kier molecular flexibility index (Phi) is 5.44. The van der Waals surface area contributed by atoms with Crippen molar-refractivity contribution in [2.24, 2.45) is 0 Å². The Morgan fingerprint density at radius 2 is 2.03 bits per heavy atom. The summed E-state index contributed by atoms with van der Waals surface area (Å²) in [5, 5.41) is 6.00. The summed E-state index contributed by atoms with van der Waals surface area (Å²) in [7, 11) is 0. The number of amides is 1. The van der Waals surface area contributed by atoms with Crippen molar-refractivity contribution in [3.63, 3.8) is 0 Å². The molecule has 0 aliphatic carbocycles. The Morgan fingerprint density at radius 1 is 1.31 bits per heavy atom. The lowest BCUT2D eigenvalue weighted by molar-refractivity contribution is -0.121. The van der Waals surface area contributed by atoms with Crippen molar-refractivity contribution >= 4 is 11.6 Å². The first-order valence-corrected chi connectivity index (χ1v) is 9.74. The number of aromatic nitrogens is 3. The first-order chi connectivity index (χ1) is 14.0. The van der Waals surface area contributed by atoms with E-state index in [1.807, 2.05) is 6.07 Å². The molecule has 1 fully saturated rings. The number of hydrogen-bond acceptors (Lipinski definition) is 4. The predicted octanol–water partition coefficient (Wildman–Crippen LogP) is 2.48. The second-order valence-electron chi connectivity index (χ2n) is 7.40. The van der Waals surface area contributed by atoms with Gasteiger partial charge in [0, 0.05) is 37.0 Å². The van der Waals surface area contributed by atoms with Crippen molar-refractivity contribution in [3.05, 3.63) is 69.5 Å². The number of nitrogens with one attached hydrogen (secondary N) is 2. The molecule has 4 rings (SSSR count). The zero-order chi connectivity index (χ0) is 20.4. The van der Waals surface area contributed by atoms with Crippen LogP contribution in [0.15, 0.2) is 41.2 Å². The van der Waals surface area contributed by atoms with Gasteiger partial charge in [0.05, 0.1) is 18.2 Å². The van der Waals surface area contributed by atoms with Gasteiger partial charge in [-0.05, 0) is 37.5 Å². The number of hydrogen-bond donors (Lipinski definition) is 2. The largest absolute Gasteiger partial charge is 0.381 e. The third-order valence-corrected chi connectivity index (χ3v) is 5.25. The molecule has 2 aromatic heterocycles. The quantitative estimate of drug-likeness (QED) is 0.691. The summed E-state index contributed by atoms with van der Waals surface area (Å²) in [4.78, 5) is 29.4. The van der Waals surface area contributed by atoms with Gasteiger partial charge in [-0.3, -0.25) is 14.7 Å². The summed E-state index contributed by atoms with van der Waals surface area (Å²) in [6.45, 7) is 3.21. The van der Waals surface area contributed by atoms with Crippen LogP contribution >= 0.6 is 0 Å². The fourth-order valence-electron chi connectivity index (χ4n) is 3.62. The van der Waals surface area contributed by atoms with Crippen LogP contribution in [-0.2, 0) is 16.0 Å². The van der Waals surface area contributed by atoms with Gasteiger partial charge in [-0.25, -0.2) is 13.9 Å². The number of carbonyl (C=O) groups excluding carboxylic acids is 1. The van der Waals surface area contributed by atoms with E-state index < -0.39 is 6.04 Å². The minimum Gasteiger partial charge on any atom is -0.381 e. The van der Waals surface area contributed by atoms with Crippen LogP contribution in [0.4, 0.5) is 4.39 Å². The van der Waals surface area contributed by atoms with E-state index in [1.165, 1.54) is 22.7 Å². The first kappa shape index (κ1) is 19.3. The standard InChI is InChI=1S/C21H23FN4O3/c1-13(23-20(27)10-14-2-4-16(22)5-3-14)17-12-21(28)26-19(24-17)11-18(25-26)15-6-8-29-9-7-15/h2-5,11-13,15,25H,6-10H2,1H3,(H,23,27)/t13-/m0/s1. The molecular formula is C21H23FN4O3. The molecule has 1 atom stereocenters. The van der Waals surface area contributed by atoms with Gasteiger partial charge in [0.15, 0.2) is 5.65 Å². The van der Waals surface area contributed by atoms with Gasteiger partial charge in [0.2, 0.25) is 5.91 Å². The lowest BCUT2D eigenvalue weighted by Crippen LogP contribution is -2.30. The molecule has 7 nitrogen and oxygen atoms in total. The SMILES string of the molecule is C[C@H](NC(=O)Cc1ccc(F)cc1)c1cc(=O)n2[nH]c(C3CCOCC3)cc2n1. The summed E-state index contributed by atoms with van der Waals surface area (Å²) in [6.07, 6.45) is 1.94. The first-order valence-electron chi connectivity index (χ1n) is 9.74. The highest BCUT2D eigenvalue weighted by Crippen LogP contribution is 2.26. The normalized spacial score (nSPS) is 16.1. The summed E-state index contributed by atoms with van der Waals surface area (Å²) in [5.74, 6) is -0.240. The maximum Gasteiger partial charge on any atom is 0.272 e. The number of rotatable bonds is 5. The van der Waals surface area contributed by atoms with Crippen LogP contribution in [0.1, 0.15) is 48.7 Å². The molecule has 1 aliphatic rings. The van der Waals surface area contributed by atoms with Crippen molar-refractivity contribution in [1.29, 1.82) is 0 Å². The minimum absolute atomic E-state index is 0.129. The van der Waals surface area contributed by atoms with E-state index in [9.17, 15) is 14.0 Å². The highest BCUT2D eigenvalue weighted by Gasteiger charge is 2.20. The monoisotopic (exact) mass is 398 g/mol. The van der Waals surface area contributed by atoms with Crippen molar-refractivity contribution in [2.45, 2.75) is 38.1 Å². The van der Waals surface area contributed by atoms with E-state index in [-0.39, 0.29) is 23.7 Å². The average Bonchev–Trinajstić information content (AvgIpc) is 3.15. The zero-order valence-electron chi connectivity index (χ0n) is 16.2. The fraction of sp³-hybridized carbons (Fsp3) is 0.381. The number of benzene rings is 1. The molecule has 0 saturated carbocycles. The topological polar surface area (TPSA) is 88.5 Å². The molecule has 0 unspecified atom stereocenters. The maximum atomic E-state index is 13.0. The van der Waals surface area contributed by atoms with E-state index in [2.05, 4.69) is 15.4 Å². The summed E-state index contributed by atoms with van der Waals surface area (Å²) < 4.78 is 19.8. The highest BCUT2D eigenvalue weighted by molar-refractivity contribution is 5.78. The number of halogens is 1. The molecule has 0 bridgehead atoms. The summed E-state index contributed by atoms with van der Waals surface area (Å²) in [6, 6.07) is 8.70. The Hall–Kier alpha value is -3.00. The van der Waals surface area contributed by atoms with Crippen molar-refractivity contribution < 1.29 is 13.9 Å². The van der Waals surface area contributed by atoms with Crippen LogP contribution in [0.2, 0.25) is 0 Å². The Morgan fingerprint density at radius 3 is 2.76 bits per heavy atom. The van der Waals surface area contributed by atoms with Gasteiger partial charge in [-0.2, -0.15) is 0 Å². The van der Waals surface area contributed by atoms with Gasteiger partial charge >= 0.3 is 0 Å². The van der Waals surface area contributed by atoms with Crippen LogP contribution in [0.25, 0.3) is 5.65 Å². The van der Waals surface area contributed by atoms with Gasteiger partial charge in [-0.1, -0.05) is 12.1 Å². The molecule has 1 saturated heterocycles. The lowest BCUT2D eigenvalue weighted by atomic mass is 9.97. The molecule has 3 heterocycles. The maximum absolute atomic E-state index is 13.0. The van der Waals surface area contributed by atoms with E-state index in [0.717, 1.165) is 18.5 Å². The molecule has 152 valence electrons. The fourth-order valence-corrected chi connectivity index (χ4v) is 3.62. The molecule has 8 heteroatoms. The lowest BCUT2D eigenvalue weighted by Gasteiger charge is -2.20. The highest BCUT2D eigenvalue weighted by atomic mass is 19.1. The van der Waals surface area contributed by atoms with E-state index in [1.54, 1.807) is 19.1 Å². The molecule has 3 aromatic rings. The van der Waals surface area contributed by atoms with Gasteiger partial charge in [0.25, 0.3) is 5.56 Å². The number of nitrogens with zero attached hydrogens (tertiary/aromatic N) is 2. The number of fused-ring (bicyclic) bond motifs is 1. The number of ether oxygens (including phenoxy) is 1. The van der Waals surface area contributed by atoms with Gasteiger partial charge in [-0.15, -0.1) is 0 Å². The molecule has 0 radical (unpaired) electrons. The summed E-state index contributed by atoms with van der Waals surface area (Å²) in [5.41, 5.74) is 2.51. The zero-order valence-corrected chi connectivity index (χ0v) is 16.2. The van der Waals surface area contributed by atoms with Crippen LogP contribution in [0.3, 0.4) is 0 Å². The molecule has 29 heavy (non-hydrogen) atoms. The Balaban J connectivity index is 1.49. The molecule has 2 N–H and O–H groups in total. The smallest absolute Gasteiger partial charge is 0.272 e. The van der Waals surface area contributed by atoms with E-state index in [0.29, 0.717) is 36.0 Å². The van der Waals surface area contributed by atoms with Crippen molar-refractivity contribution in [2.75, 3.05) is 13.2 Å². The third kappa shape index (κ3) is 4.37. The molecular weight excluding hydrogens is 375 g/mol. The van der Waals surface area contributed by atoms with Crippen LogP contribution in [0.5, 0.6) is 0 Å². The molecule has 1 aliphatic heterocycles. The van der Waals surface area contributed by atoms with E-state index >= 15 is 0 Å². The molecule has 0 spiro atoms. The molecule has 1 amide bonds. The Labute approximate surface area is 166 Å². The number of aromatic amines is 1.